The fraction of sp³-hybridized carbons (Fsp3) is 0.529. The summed E-state index contributed by atoms with van der Waals surface area (Å²) in [5.41, 5.74) is 0.642. The predicted octanol–water partition coefficient (Wildman–Crippen LogP) is 3.50. The Balaban J connectivity index is 1.96. The van der Waals surface area contributed by atoms with Gasteiger partial charge in [0.1, 0.15) is 6.04 Å². The molecule has 0 bridgehead atoms. The Kier molecular flexibility index (Phi) is 6.28. The van der Waals surface area contributed by atoms with Gasteiger partial charge in [-0.15, -0.1) is 0 Å². The van der Waals surface area contributed by atoms with Crippen molar-refractivity contribution in [2.45, 2.75) is 39.2 Å². The Morgan fingerprint density at radius 3 is 2.35 bits per heavy atom. The van der Waals surface area contributed by atoms with Gasteiger partial charge < -0.3 is 15.5 Å². The molecule has 1 aromatic rings. The Labute approximate surface area is 142 Å². The minimum atomic E-state index is -0.486. The van der Waals surface area contributed by atoms with Crippen LogP contribution in [-0.4, -0.2) is 36.0 Å². The number of halogens is 1. The maximum atomic E-state index is 12.6. The van der Waals surface area contributed by atoms with E-state index in [-0.39, 0.29) is 11.9 Å². The first-order valence-corrected chi connectivity index (χ1v) is 8.45. The number of hydrogen-bond donors (Lipinski definition) is 2. The highest BCUT2D eigenvalue weighted by atomic mass is 35.5. The molecule has 3 amide bonds. The van der Waals surface area contributed by atoms with E-state index in [4.69, 9.17) is 11.6 Å². The van der Waals surface area contributed by atoms with E-state index < -0.39 is 6.04 Å². The van der Waals surface area contributed by atoms with Gasteiger partial charge in [-0.25, -0.2) is 4.79 Å². The summed E-state index contributed by atoms with van der Waals surface area (Å²) in [6, 6.07) is 6.01. The van der Waals surface area contributed by atoms with Gasteiger partial charge in [-0.1, -0.05) is 25.4 Å². The second-order valence-corrected chi connectivity index (χ2v) is 6.76. The van der Waals surface area contributed by atoms with E-state index in [9.17, 15) is 9.59 Å². The van der Waals surface area contributed by atoms with Gasteiger partial charge in [0.15, 0.2) is 0 Å². The first-order chi connectivity index (χ1) is 11.0. The van der Waals surface area contributed by atoms with E-state index in [1.807, 2.05) is 18.7 Å². The number of benzene rings is 1. The number of hydrogen-bond acceptors (Lipinski definition) is 2. The van der Waals surface area contributed by atoms with Gasteiger partial charge in [0.2, 0.25) is 5.91 Å². The van der Waals surface area contributed by atoms with Gasteiger partial charge in [0, 0.05) is 23.8 Å². The number of likely N-dealkylation sites (tertiary alicyclic amines) is 1. The van der Waals surface area contributed by atoms with Crippen LogP contribution >= 0.6 is 11.6 Å². The molecular weight excluding hydrogens is 314 g/mol. The third-order valence-corrected chi connectivity index (χ3v) is 4.08. The standard InChI is InChI=1S/C17H24ClN3O2/c1-12(2)11-15(16(22)21-9-3-4-10-21)20-17(23)19-14-7-5-13(18)6-8-14/h5-8,12,15H,3-4,9-11H2,1-2H3,(H2,19,20,23)/t15-/m0/s1. The number of nitrogens with one attached hydrogen (secondary N) is 2. The molecule has 2 N–H and O–H groups in total. The number of carbonyl (C=O) groups is 2. The van der Waals surface area contributed by atoms with Gasteiger partial charge in [0.05, 0.1) is 0 Å². The molecule has 1 saturated heterocycles. The molecule has 23 heavy (non-hydrogen) atoms. The SMILES string of the molecule is CC(C)C[C@H](NC(=O)Nc1ccc(Cl)cc1)C(=O)N1CCCC1. The van der Waals surface area contributed by atoms with Crippen LogP contribution in [0.5, 0.6) is 0 Å². The second-order valence-electron chi connectivity index (χ2n) is 6.32. The summed E-state index contributed by atoms with van der Waals surface area (Å²) in [4.78, 5) is 26.6. The van der Waals surface area contributed by atoms with Gasteiger partial charge >= 0.3 is 6.03 Å². The molecule has 6 heteroatoms. The topological polar surface area (TPSA) is 61.4 Å². The molecule has 1 aliphatic heterocycles. The normalized spacial score (nSPS) is 15.6. The Hall–Kier alpha value is -1.75. The van der Waals surface area contributed by atoms with E-state index in [1.165, 1.54) is 0 Å². The Morgan fingerprint density at radius 2 is 1.78 bits per heavy atom. The number of nitrogens with zero attached hydrogens (tertiary/aromatic N) is 1. The summed E-state index contributed by atoms with van der Waals surface area (Å²) >= 11 is 5.83. The van der Waals surface area contributed by atoms with Crippen LogP contribution in [0.2, 0.25) is 5.02 Å². The van der Waals surface area contributed by atoms with Gasteiger partial charge in [-0.2, -0.15) is 0 Å². The molecule has 0 saturated carbocycles. The third kappa shape index (κ3) is 5.43. The zero-order valence-corrected chi connectivity index (χ0v) is 14.4. The fourth-order valence-electron chi connectivity index (χ4n) is 2.71. The molecule has 0 spiro atoms. The van der Waals surface area contributed by atoms with Gasteiger partial charge in [-0.3, -0.25) is 4.79 Å². The van der Waals surface area contributed by atoms with Crippen molar-refractivity contribution in [1.82, 2.24) is 10.2 Å². The van der Waals surface area contributed by atoms with Crippen LogP contribution in [-0.2, 0) is 4.79 Å². The lowest BCUT2D eigenvalue weighted by atomic mass is 10.0. The van der Waals surface area contributed by atoms with Crippen LogP contribution in [0.1, 0.15) is 33.1 Å². The van der Waals surface area contributed by atoms with Crippen LogP contribution in [0.3, 0.4) is 0 Å². The summed E-state index contributed by atoms with van der Waals surface area (Å²) in [6.07, 6.45) is 2.71. The van der Waals surface area contributed by atoms with Crippen molar-refractivity contribution in [2.24, 2.45) is 5.92 Å². The van der Waals surface area contributed by atoms with E-state index in [2.05, 4.69) is 10.6 Å². The van der Waals surface area contributed by atoms with Crippen molar-refractivity contribution in [3.63, 3.8) is 0 Å². The molecule has 1 fully saturated rings. The van der Waals surface area contributed by atoms with Crippen molar-refractivity contribution in [2.75, 3.05) is 18.4 Å². The number of rotatable bonds is 5. The average Bonchev–Trinajstić information content (AvgIpc) is 3.02. The zero-order chi connectivity index (χ0) is 16.8. The van der Waals surface area contributed by atoms with Crippen molar-refractivity contribution >= 4 is 29.2 Å². The average molecular weight is 338 g/mol. The second kappa shape index (κ2) is 8.20. The number of carbonyl (C=O) groups excluding carboxylic acids is 2. The Bertz CT molecular complexity index is 539. The summed E-state index contributed by atoms with van der Waals surface area (Å²) in [6.45, 7) is 5.66. The summed E-state index contributed by atoms with van der Waals surface area (Å²) in [5.74, 6) is 0.338. The first kappa shape index (κ1) is 17.6. The molecule has 126 valence electrons. The smallest absolute Gasteiger partial charge is 0.319 e. The quantitative estimate of drug-likeness (QED) is 0.863. The number of anilines is 1. The number of urea groups is 1. The van der Waals surface area contributed by atoms with E-state index in [0.29, 0.717) is 23.0 Å². The molecule has 1 atom stereocenters. The summed E-state index contributed by atoms with van der Waals surface area (Å²) in [5, 5.41) is 6.16. The van der Waals surface area contributed by atoms with Gasteiger partial charge in [0.25, 0.3) is 0 Å². The van der Waals surface area contributed by atoms with E-state index in [1.54, 1.807) is 24.3 Å². The van der Waals surface area contributed by atoms with Crippen LogP contribution in [0.4, 0.5) is 10.5 Å². The first-order valence-electron chi connectivity index (χ1n) is 8.07. The van der Waals surface area contributed by atoms with Crippen LogP contribution in [0, 0.1) is 5.92 Å². The lowest BCUT2D eigenvalue weighted by Gasteiger charge is -2.25. The lowest BCUT2D eigenvalue weighted by molar-refractivity contribution is -0.132. The van der Waals surface area contributed by atoms with Crippen LogP contribution in [0.25, 0.3) is 0 Å². The molecule has 5 nitrogen and oxygen atoms in total. The van der Waals surface area contributed by atoms with Crippen molar-refractivity contribution < 1.29 is 9.59 Å². The van der Waals surface area contributed by atoms with Crippen molar-refractivity contribution in [3.05, 3.63) is 29.3 Å². The molecule has 0 unspecified atom stereocenters. The highest BCUT2D eigenvalue weighted by Gasteiger charge is 2.28. The lowest BCUT2D eigenvalue weighted by Crippen LogP contribution is -2.49. The molecular formula is C17H24ClN3O2. The molecule has 0 aliphatic carbocycles. The van der Waals surface area contributed by atoms with Crippen LogP contribution < -0.4 is 10.6 Å². The summed E-state index contributed by atoms with van der Waals surface area (Å²) < 4.78 is 0. The minimum Gasteiger partial charge on any atom is -0.341 e. The molecule has 0 aromatic heterocycles. The van der Waals surface area contributed by atoms with E-state index in [0.717, 1.165) is 25.9 Å². The largest absolute Gasteiger partial charge is 0.341 e. The minimum absolute atomic E-state index is 0.0162. The molecule has 1 aliphatic rings. The van der Waals surface area contributed by atoms with Gasteiger partial charge in [-0.05, 0) is 49.4 Å². The van der Waals surface area contributed by atoms with Crippen molar-refractivity contribution in [1.29, 1.82) is 0 Å². The maximum Gasteiger partial charge on any atom is 0.319 e. The molecule has 1 heterocycles. The number of amides is 3. The molecule has 0 radical (unpaired) electrons. The predicted molar refractivity (Wildman–Crippen MR) is 92.7 cm³/mol. The van der Waals surface area contributed by atoms with E-state index >= 15 is 0 Å². The maximum absolute atomic E-state index is 12.6. The summed E-state index contributed by atoms with van der Waals surface area (Å²) in [7, 11) is 0. The van der Waals surface area contributed by atoms with Crippen molar-refractivity contribution in [3.8, 4) is 0 Å². The monoisotopic (exact) mass is 337 g/mol. The third-order valence-electron chi connectivity index (χ3n) is 3.83. The molecule has 2 rings (SSSR count). The Morgan fingerprint density at radius 1 is 1.17 bits per heavy atom. The fourth-order valence-corrected chi connectivity index (χ4v) is 2.84. The zero-order valence-electron chi connectivity index (χ0n) is 13.6. The highest BCUT2D eigenvalue weighted by Crippen LogP contribution is 2.15. The van der Waals surface area contributed by atoms with Crippen LogP contribution in [0.15, 0.2) is 24.3 Å². The molecule has 1 aromatic carbocycles. The highest BCUT2D eigenvalue weighted by molar-refractivity contribution is 6.30.